The molecule has 3 rings (SSSR count). The second-order valence-corrected chi connectivity index (χ2v) is 7.43. The first-order chi connectivity index (χ1) is 14.4. The van der Waals surface area contributed by atoms with Gasteiger partial charge in [0.05, 0.1) is 25.4 Å². The minimum absolute atomic E-state index is 0.0874. The van der Waals surface area contributed by atoms with Crippen LogP contribution in [0.4, 0.5) is 11.4 Å². The number of ether oxygens (including phenoxy) is 1. The molecule has 1 unspecified atom stereocenters. The number of carbonyl (C=O) groups excluding carboxylic acids is 3. The summed E-state index contributed by atoms with van der Waals surface area (Å²) in [4.78, 5) is 37.8. The molecule has 8 nitrogen and oxygen atoms in total. The van der Waals surface area contributed by atoms with Crippen LogP contribution in [0.1, 0.15) is 23.2 Å². The van der Waals surface area contributed by atoms with Crippen molar-refractivity contribution in [3.05, 3.63) is 54.1 Å². The molecule has 0 spiro atoms. The highest BCUT2D eigenvalue weighted by Gasteiger charge is 2.25. The van der Waals surface area contributed by atoms with Crippen LogP contribution in [0.2, 0.25) is 0 Å². The van der Waals surface area contributed by atoms with Gasteiger partial charge in [0.1, 0.15) is 5.75 Å². The molecule has 1 saturated carbocycles. The van der Waals surface area contributed by atoms with Crippen LogP contribution in [0, 0.1) is 0 Å². The van der Waals surface area contributed by atoms with Crippen LogP contribution in [0.15, 0.2) is 48.5 Å². The molecule has 0 heterocycles. The zero-order valence-electron chi connectivity index (χ0n) is 17.2. The molecule has 2 aromatic rings. The molecule has 0 bridgehead atoms. The summed E-state index contributed by atoms with van der Waals surface area (Å²) in [5.74, 6) is -0.0184. The summed E-state index contributed by atoms with van der Waals surface area (Å²) >= 11 is 0. The lowest BCUT2D eigenvalue weighted by Crippen LogP contribution is -3.11. The smallest absolute Gasteiger partial charge is 0.279 e. The number of hydrogen-bond donors (Lipinski definition) is 4. The predicted molar refractivity (Wildman–Crippen MR) is 114 cm³/mol. The van der Waals surface area contributed by atoms with Crippen LogP contribution in [0.5, 0.6) is 5.75 Å². The molecule has 30 heavy (non-hydrogen) atoms. The topological polar surface area (TPSA) is 101 Å². The predicted octanol–water partition coefficient (Wildman–Crippen LogP) is 0.679. The van der Waals surface area contributed by atoms with E-state index >= 15 is 0 Å². The normalized spacial score (nSPS) is 13.8. The number of nitrogens with one attached hydrogen (secondary N) is 4. The van der Waals surface area contributed by atoms with Crippen molar-refractivity contribution in [2.45, 2.75) is 18.9 Å². The summed E-state index contributed by atoms with van der Waals surface area (Å²) in [6.07, 6.45) is 1.98. The molecule has 8 heteroatoms. The monoisotopic (exact) mass is 411 g/mol. The van der Waals surface area contributed by atoms with E-state index in [1.54, 1.807) is 62.7 Å². The third-order valence-corrected chi connectivity index (χ3v) is 4.64. The van der Waals surface area contributed by atoms with Crippen molar-refractivity contribution in [1.29, 1.82) is 0 Å². The highest BCUT2D eigenvalue weighted by atomic mass is 16.5. The van der Waals surface area contributed by atoms with Gasteiger partial charge in [-0.15, -0.1) is 0 Å². The Kier molecular flexibility index (Phi) is 7.03. The van der Waals surface area contributed by atoms with E-state index in [-0.39, 0.29) is 36.9 Å². The lowest BCUT2D eigenvalue weighted by Gasteiger charge is -2.15. The molecule has 3 amide bonds. The highest BCUT2D eigenvalue weighted by molar-refractivity contribution is 6.04. The molecular formula is C22H27N4O4+. The third-order valence-electron chi connectivity index (χ3n) is 4.64. The van der Waals surface area contributed by atoms with E-state index < -0.39 is 0 Å². The first-order valence-electron chi connectivity index (χ1n) is 9.89. The molecule has 0 saturated heterocycles. The molecule has 4 N–H and O–H groups in total. The highest BCUT2D eigenvalue weighted by Crippen LogP contribution is 2.21. The minimum atomic E-state index is -0.270. The Bertz CT molecular complexity index is 927. The maximum Gasteiger partial charge on any atom is 0.279 e. The molecule has 0 radical (unpaired) electrons. The first-order valence-corrected chi connectivity index (χ1v) is 9.89. The number of anilines is 2. The number of methoxy groups -OCH3 is 1. The number of hydrogen-bond acceptors (Lipinski definition) is 4. The number of para-hydroxylation sites is 1. The SMILES string of the molecule is COc1cccc(NC(=O)C[NH+](C)CC(=O)Nc2ccccc2C(=O)NC2CC2)c1. The van der Waals surface area contributed by atoms with Crippen molar-refractivity contribution >= 4 is 29.1 Å². The molecule has 0 aromatic heterocycles. The van der Waals surface area contributed by atoms with Gasteiger partial charge in [0, 0.05) is 17.8 Å². The van der Waals surface area contributed by atoms with Crippen molar-refractivity contribution in [3.8, 4) is 5.75 Å². The number of likely N-dealkylation sites (N-methyl/N-ethyl adjacent to an activating group) is 1. The van der Waals surface area contributed by atoms with Crippen molar-refractivity contribution < 1.29 is 24.0 Å². The molecule has 1 fully saturated rings. The Hall–Kier alpha value is -3.39. The van der Waals surface area contributed by atoms with Gasteiger partial charge in [-0.3, -0.25) is 14.4 Å². The van der Waals surface area contributed by atoms with Crippen LogP contribution >= 0.6 is 0 Å². The maximum atomic E-state index is 12.4. The van der Waals surface area contributed by atoms with E-state index in [1.165, 1.54) is 0 Å². The van der Waals surface area contributed by atoms with Crippen molar-refractivity contribution in [2.24, 2.45) is 0 Å². The summed E-state index contributed by atoms with van der Waals surface area (Å²) in [6.45, 7) is 0.207. The number of amides is 3. The molecule has 0 aliphatic heterocycles. The second-order valence-electron chi connectivity index (χ2n) is 7.43. The lowest BCUT2D eigenvalue weighted by molar-refractivity contribution is -0.862. The Morgan fingerprint density at radius 3 is 2.40 bits per heavy atom. The molecular weight excluding hydrogens is 384 g/mol. The van der Waals surface area contributed by atoms with Gasteiger partial charge in [0.2, 0.25) is 0 Å². The van der Waals surface area contributed by atoms with Crippen LogP contribution in [0.3, 0.4) is 0 Å². The standard InChI is InChI=1S/C22H26N4O4/c1-26(13-20(27)23-16-6-5-7-17(12-16)30-2)14-21(28)25-19-9-4-3-8-18(19)22(29)24-15-10-11-15/h3-9,12,15H,10-11,13-14H2,1-2H3,(H,23,27)(H,24,29)(H,25,28)/p+1. The number of carbonyl (C=O) groups is 3. The van der Waals surface area contributed by atoms with Crippen molar-refractivity contribution in [2.75, 3.05) is 37.9 Å². The van der Waals surface area contributed by atoms with E-state index in [4.69, 9.17) is 4.74 Å². The summed E-state index contributed by atoms with van der Waals surface area (Å²) in [7, 11) is 3.32. The van der Waals surface area contributed by atoms with Crippen LogP contribution in [0.25, 0.3) is 0 Å². The lowest BCUT2D eigenvalue weighted by atomic mass is 10.1. The average molecular weight is 411 g/mol. The fourth-order valence-electron chi connectivity index (χ4n) is 2.99. The molecule has 158 valence electrons. The van der Waals surface area contributed by atoms with Gasteiger partial charge in [-0.25, -0.2) is 0 Å². The van der Waals surface area contributed by atoms with Crippen molar-refractivity contribution in [1.82, 2.24) is 5.32 Å². The quantitative estimate of drug-likeness (QED) is 0.487. The van der Waals surface area contributed by atoms with Crippen LogP contribution in [-0.4, -0.2) is 51.0 Å². The fraction of sp³-hybridized carbons (Fsp3) is 0.318. The van der Waals surface area contributed by atoms with Gasteiger partial charge in [-0.1, -0.05) is 18.2 Å². The first kappa shape index (κ1) is 21.3. The summed E-state index contributed by atoms with van der Waals surface area (Å²) in [5.41, 5.74) is 1.53. The van der Waals surface area contributed by atoms with Crippen molar-refractivity contribution in [3.63, 3.8) is 0 Å². The maximum absolute atomic E-state index is 12.4. The third kappa shape index (κ3) is 6.31. The van der Waals surface area contributed by atoms with Gasteiger partial charge in [-0.2, -0.15) is 0 Å². The second kappa shape index (κ2) is 9.89. The average Bonchev–Trinajstić information content (AvgIpc) is 3.52. The van der Waals surface area contributed by atoms with Gasteiger partial charge in [0.25, 0.3) is 17.7 Å². The molecule has 1 aliphatic rings. The zero-order valence-corrected chi connectivity index (χ0v) is 17.2. The molecule has 2 aromatic carbocycles. The molecule has 1 aliphatic carbocycles. The van der Waals surface area contributed by atoms with Crippen LogP contribution in [-0.2, 0) is 9.59 Å². The summed E-state index contributed by atoms with van der Waals surface area (Å²) in [6, 6.07) is 14.2. The molecule has 1 atom stereocenters. The van der Waals surface area contributed by atoms with E-state index in [0.717, 1.165) is 12.8 Å². The number of benzene rings is 2. The van der Waals surface area contributed by atoms with Gasteiger partial charge < -0.3 is 25.6 Å². The number of rotatable bonds is 9. The van der Waals surface area contributed by atoms with E-state index in [9.17, 15) is 14.4 Å². The van der Waals surface area contributed by atoms with Gasteiger partial charge in [-0.05, 0) is 37.1 Å². The minimum Gasteiger partial charge on any atom is -0.497 e. The Labute approximate surface area is 175 Å². The van der Waals surface area contributed by atoms with Crippen LogP contribution < -0.4 is 25.6 Å². The van der Waals surface area contributed by atoms with Gasteiger partial charge >= 0.3 is 0 Å². The Balaban J connectivity index is 1.50. The fourth-order valence-corrected chi connectivity index (χ4v) is 2.99. The zero-order chi connectivity index (χ0) is 21.5. The summed E-state index contributed by atoms with van der Waals surface area (Å²) in [5, 5.41) is 8.50. The Morgan fingerprint density at radius 2 is 1.70 bits per heavy atom. The van der Waals surface area contributed by atoms with E-state index in [2.05, 4.69) is 16.0 Å². The summed E-state index contributed by atoms with van der Waals surface area (Å²) < 4.78 is 5.14. The largest absolute Gasteiger partial charge is 0.497 e. The number of quaternary nitrogens is 1. The van der Waals surface area contributed by atoms with E-state index in [1.807, 2.05) is 0 Å². The van der Waals surface area contributed by atoms with Gasteiger partial charge in [0.15, 0.2) is 13.1 Å². The van der Waals surface area contributed by atoms with E-state index in [0.29, 0.717) is 27.6 Å². The Morgan fingerprint density at radius 1 is 1.00 bits per heavy atom.